The van der Waals surface area contributed by atoms with Crippen LogP contribution in [0.15, 0.2) is 247 Å². The number of fused-ring (bicyclic) bond motifs is 9. The Kier molecular flexibility index (Phi) is 7.61. The highest BCUT2D eigenvalue weighted by Crippen LogP contribution is 2.46. The van der Waals surface area contributed by atoms with Crippen LogP contribution in [-0.4, -0.2) is 4.57 Å². The first-order chi connectivity index (χ1) is 33.9. The van der Waals surface area contributed by atoms with Crippen LogP contribution in [0.3, 0.4) is 0 Å². The van der Waals surface area contributed by atoms with Gasteiger partial charge in [0.15, 0.2) is 0 Å². The molecule has 0 radical (unpaired) electrons. The molecule has 304 valence electrons. The van der Waals surface area contributed by atoms with Crippen molar-refractivity contribution in [1.82, 2.24) is 4.57 Å². The third-order valence-electron chi connectivity index (χ3n) is 12.8. The average Bonchev–Trinajstić information content (AvgIpc) is 3.97. The highest BCUT2D eigenvalue weighted by atomic mass is 16.3. The summed E-state index contributed by atoms with van der Waals surface area (Å²) in [5, 5.41) is 7.99. The van der Waals surface area contributed by atoms with Gasteiger partial charge in [0.25, 0.3) is 0 Å². The number of hydrogen-bond acceptors (Lipinski definition) is 2. The van der Waals surface area contributed by atoms with Crippen molar-refractivity contribution < 1.29 is 9.90 Å². The Morgan fingerprint density at radius 2 is 1.09 bits per heavy atom. The van der Waals surface area contributed by atoms with E-state index in [1.165, 1.54) is 10.8 Å². The lowest BCUT2D eigenvalue weighted by atomic mass is 9.97. The van der Waals surface area contributed by atoms with E-state index in [1.807, 2.05) is 89.8 Å². The first-order valence-electron chi connectivity index (χ1n) is 23.9. The van der Waals surface area contributed by atoms with Gasteiger partial charge in [0, 0.05) is 38.6 Å². The summed E-state index contributed by atoms with van der Waals surface area (Å²) in [6, 6.07) is 73.7. The third kappa shape index (κ3) is 6.12. The van der Waals surface area contributed by atoms with Gasteiger partial charge in [-0.05, 0) is 128 Å². The van der Waals surface area contributed by atoms with Gasteiger partial charge >= 0.3 is 0 Å². The van der Waals surface area contributed by atoms with Gasteiger partial charge in [-0.3, -0.25) is 0 Å². The molecule has 0 saturated heterocycles. The van der Waals surface area contributed by atoms with Crippen LogP contribution in [0.2, 0.25) is 0 Å². The summed E-state index contributed by atoms with van der Waals surface area (Å²) < 4.78 is 48.1. The van der Waals surface area contributed by atoms with Gasteiger partial charge in [0.05, 0.1) is 27.6 Å². The molecule has 13 rings (SSSR count). The monoisotopic (exact) mass is 832 g/mol. The molecule has 0 spiro atoms. The van der Waals surface area contributed by atoms with Crippen LogP contribution in [0.1, 0.15) is 5.48 Å². The fourth-order valence-electron chi connectivity index (χ4n) is 9.82. The van der Waals surface area contributed by atoms with Crippen LogP contribution in [0.4, 0.5) is 17.1 Å². The van der Waals surface area contributed by atoms with E-state index in [2.05, 4.69) is 138 Å². The van der Waals surface area contributed by atoms with E-state index in [4.69, 9.17) is 4.42 Å². The number of anilines is 3. The van der Waals surface area contributed by atoms with Crippen LogP contribution in [-0.2, 0) is 0 Å². The van der Waals surface area contributed by atoms with Crippen LogP contribution in [0.5, 0.6) is 0 Å². The second-order valence-electron chi connectivity index (χ2n) is 16.6. The maximum atomic E-state index is 10.3. The lowest BCUT2D eigenvalue weighted by Crippen LogP contribution is -2.10. The van der Waals surface area contributed by atoms with Gasteiger partial charge in [-0.2, -0.15) is 0 Å². The first-order valence-corrected chi connectivity index (χ1v) is 21.9. The Hall–Kier alpha value is -8.66. The molecule has 13 aromatic rings. The summed E-state index contributed by atoms with van der Waals surface area (Å²) >= 11 is 0. The predicted octanol–water partition coefficient (Wildman–Crippen LogP) is 17.5. The van der Waals surface area contributed by atoms with E-state index < -0.39 is 0 Å². The molecule has 65 heavy (non-hydrogen) atoms. The number of nitrogens with zero attached hydrogens (tertiary/aromatic N) is 2. The Labute approximate surface area is 381 Å². The molecule has 3 nitrogen and oxygen atoms in total. The molecule has 0 unspecified atom stereocenters. The largest absolute Gasteiger partial charge is 0.455 e. The zero-order chi connectivity index (χ0) is 46.3. The average molecular weight is 833 g/mol. The predicted molar refractivity (Wildman–Crippen MR) is 274 cm³/mol. The van der Waals surface area contributed by atoms with Crippen molar-refractivity contribution in [3.05, 3.63) is 243 Å². The molecule has 0 bridgehead atoms. The molecular weight excluding hydrogens is 789 g/mol. The van der Waals surface area contributed by atoms with E-state index in [1.54, 1.807) is 0 Å². The maximum absolute atomic E-state index is 10.3. The molecule has 0 fully saturated rings. The molecule has 2 heterocycles. The van der Waals surface area contributed by atoms with Crippen molar-refractivity contribution >= 4 is 82.4 Å². The van der Waals surface area contributed by atoms with Crippen LogP contribution >= 0.6 is 0 Å². The highest BCUT2D eigenvalue weighted by molar-refractivity contribution is 6.20. The maximum Gasteiger partial charge on any atom is 0.143 e. The van der Waals surface area contributed by atoms with E-state index in [-0.39, 0.29) is 35.4 Å². The summed E-state index contributed by atoms with van der Waals surface area (Å²) in [4.78, 5) is 1.93. The summed E-state index contributed by atoms with van der Waals surface area (Å²) in [5.74, 6) is 0. The fourth-order valence-corrected chi connectivity index (χ4v) is 9.82. The molecular formula is C62H40N2O. The molecule has 0 aliphatic heterocycles. The van der Waals surface area contributed by atoms with Crippen LogP contribution in [0.25, 0.3) is 104 Å². The smallest absolute Gasteiger partial charge is 0.143 e. The van der Waals surface area contributed by atoms with E-state index in [9.17, 15) is 5.48 Å². The third-order valence-corrected chi connectivity index (χ3v) is 12.8. The minimum Gasteiger partial charge on any atom is -0.455 e. The number of furan rings is 1. The Morgan fingerprint density at radius 1 is 0.415 bits per heavy atom. The van der Waals surface area contributed by atoms with Crippen molar-refractivity contribution in [2.45, 2.75) is 0 Å². The normalized spacial score (nSPS) is 12.6. The minimum atomic E-state index is -0.262. The molecule has 0 saturated carbocycles. The summed E-state index contributed by atoms with van der Waals surface area (Å²) in [6.07, 6.45) is 0. The molecule has 2 aromatic heterocycles. The fraction of sp³-hybridized carbons (Fsp3) is 0. The number of para-hydroxylation sites is 2. The topological polar surface area (TPSA) is 21.3 Å². The van der Waals surface area contributed by atoms with Crippen LogP contribution in [0, 0.1) is 0 Å². The number of hydrogen-bond donors (Lipinski definition) is 0. The van der Waals surface area contributed by atoms with Gasteiger partial charge in [-0.25, -0.2) is 0 Å². The Morgan fingerprint density at radius 3 is 1.97 bits per heavy atom. The van der Waals surface area contributed by atoms with E-state index in [0.717, 1.165) is 76.9 Å². The molecule has 0 aliphatic rings. The van der Waals surface area contributed by atoms with Gasteiger partial charge in [0.1, 0.15) is 11.2 Å². The molecule has 0 amide bonds. The summed E-state index contributed by atoms with van der Waals surface area (Å²) in [6.45, 7) is 0. The molecule has 3 heteroatoms. The molecule has 0 aliphatic carbocycles. The minimum absolute atomic E-state index is 0.0209. The van der Waals surface area contributed by atoms with Crippen molar-refractivity contribution in [1.29, 1.82) is 0 Å². The van der Waals surface area contributed by atoms with Crippen molar-refractivity contribution in [2.24, 2.45) is 0 Å². The van der Waals surface area contributed by atoms with Crippen molar-refractivity contribution in [3.63, 3.8) is 0 Å². The first kappa shape index (κ1) is 33.0. The molecule has 0 N–H and O–H groups in total. The summed E-state index contributed by atoms with van der Waals surface area (Å²) in [5.41, 5.74) is 11.1. The number of benzene rings is 11. The van der Waals surface area contributed by atoms with Gasteiger partial charge in [0.2, 0.25) is 0 Å². The molecule has 0 atom stereocenters. The SMILES string of the molecule is [2H]c1c([2H])c(-c2cccc3c2c2ccccc2n3-c2ccccc2)c([2H])c(N(c2ccc(-c3cccc(-c4ccc5ccccc5c4)c3)cc2)c2cccc3oc4c5ccccc5ccc4c23)c1[2H]. The summed E-state index contributed by atoms with van der Waals surface area (Å²) in [7, 11) is 0. The van der Waals surface area contributed by atoms with Crippen molar-refractivity contribution in [3.8, 4) is 39.1 Å². The van der Waals surface area contributed by atoms with E-state index >= 15 is 0 Å². The zero-order valence-electron chi connectivity index (χ0n) is 39.1. The second-order valence-corrected chi connectivity index (χ2v) is 16.6. The number of aromatic nitrogens is 1. The zero-order valence-corrected chi connectivity index (χ0v) is 35.1. The standard InChI is InChI=1S/C62H40N2O/c1-2-20-49(21-3-1)64-56-26-9-8-24-54(56)60-52(25-12-27-57(60)64)48-19-11-22-51(40-48)63(58-28-13-29-59-61(58)55-37-34-43-15-6-7-23-53(43)62(55)65-59)50-35-32-42(33-36-50)45-17-10-18-46(38-45)47-31-30-41-14-4-5-16-44(41)39-47/h1-40H/i11D,19D,22D,40D. The molecule has 11 aromatic carbocycles. The highest BCUT2D eigenvalue weighted by Gasteiger charge is 2.22. The second kappa shape index (κ2) is 15.0. The van der Waals surface area contributed by atoms with Crippen molar-refractivity contribution in [2.75, 3.05) is 4.90 Å². The quantitative estimate of drug-likeness (QED) is 0.160. The lowest BCUT2D eigenvalue weighted by Gasteiger charge is -2.27. The van der Waals surface area contributed by atoms with Gasteiger partial charge in [-0.15, -0.1) is 0 Å². The number of rotatable bonds is 7. The van der Waals surface area contributed by atoms with Gasteiger partial charge in [-0.1, -0.05) is 164 Å². The van der Waals surface area contributed by atoms with Crippen LogP contribution < -0.4 is 4.90 Å². The van der Waals surface area contributed by atoms with Gasteiger partial charge < -0.3 is 13.9 Å². The van der Waals surface area contributed by atoms with E-state index in [0.29, 0.717) is 22.5 Å². The Bertz CT molecular complexity index is 4190. The Balaban J connectivity index is 1.04. The lowest BCUT2D eigenvalue weighted by molar-refractivity contribution is 0.672.